The highest BCUT2D eigenvalue weighted by Crippen LogP contribution is 2.25. The second-order valence-corrected chi connectivity index (χ2v) is 4.96. The van der Waals surface area contributed by atoms with Gasteiger partial charge in [-0.3, -0.25) is 10.2 Å². The van der Waals surface area contributed by atoms with Crippen LogP contribution in [-0.2, 0) is 5.75 Å². The van der Waals surface area contributed by atoms with Gasteiger partial charge in [-0.15, -0.1) is 11.8 Å². The molecule has 0 heterocycles. The van der Waals surface area contributed by atoms with E-state index in [1.165, 1.54) is 0 Å². The number of nitrogens with one attached hydrogen (secondary N) is 1. The van der Waals surface area contributed by atoms with E-state index in [1.54, 1.807) is 36.0 Å². The van der Waals surface area contributed by atoms with Gasteiger partial charge in [0.2, 0.25) is 0 Å². The summed E-state index contributed by atoms with van der Waals surface area (Å²) in [5.41, 5.74) is 3.65. The maximum absolute atomic E-state index is 11.6. The molecule has 0 bridgehead atoms. The van der Waals surface area contributed by atoms with E-state index in [2.05, 4.69) is 5.43 Å². The first-order valence-corrected chi connectivity index (χ1v) is 6.70. The Morgan fingerprint density at radius 1 is 1.16 bits per heavy atom. The monoisotopic (exact) mass is 274 g/mol. The number of hydrogen-bond donors (Lipinski definition) is 3. The van der Waals surface area contributed by atoms with Crippen molar-refractivity contribution in [2.24, 2.45) is 5.84 Å². The molecule has 4 nitrogen and oxygen atoms in total. The summed E-state index contributed by atoms with van der Waals surface area (Å²) in [6.07, 6.45) is 0. The van der Waals surface area contributed by atoms with E-state index in [4.69, 9.17) is 5.84 Å². The van der Waals surface area contributed by atoms with Crippen molar-refractivity contribution in [1.82, 2.24) is 5.43 Å². The lowest BCUT2D eigenvalue weighted by Gasteiger charge is -2.08. The minimum Gasteiger partial charge on any atom is -0.508 e. The Morgan fingerprint density at radius 3 is 2.53 bits per heavy atom. The molecular weight excluding hydrogens is 260 g/mol. The molecule has 2 aromatic carbocycles. The summed E-state index contributed by atoms with van der Waals surface area (Å²) in [4.78, 5) is 12.6. The summed E-state index contributed by atoms with van der Waals surface area (Å²) in [6.45, 7) is 0. The van der Waals surface area contributed by atoms with Gasteiger partial charge in [0.1, 0.15) is 5.75 Å². The van der Waals surface area contributed by atoms with Crippen LogP contribution in [-0.4, -0.2) is 11.0 Å². The molecule has 0 spiro atoms. The highest BCUT2D eigenvalue weighted by Gasteiger charge is 2.09. The highest BCUT2D eigenvalue weighted by molar-refractivity contribution is 7.98. The Bertz CT molecular complexity index is 570. The van der Waals surface area contributed by atoms with Crippen LogP contribution < -0.4 is 11.3 Å². The lowest BCUT2D eigenvalue weighted by Crippen LogP contribution is -2.30. The van der Waals surface area contributed by atoms with Gasteiger partial charge in [0.25, 0.3) is 5.91 Å². The van der Waals surface area contributed by atoms with Crippen LogP contribution >= 0.6 is 11.8 Å². The van der Waals surface area contributed by atoms with Gasteiger partial charge >= 0.3 is 0 Å². The smallest absolute Gasteiger partial charge is 0.265 e. The van der Waals surface area contributed by atoms with Crippen molar-refractivity contribution in [3.8, 4) is 5.75 Å². The third-order valence-corrected chi connectivity index (χ3v) is 3.68. The Labute approximate surface area is 115 Å². The van der Waals surface area contributed by atoms with Crippen molar-refractivity contribution < 1.29 is 9.90 Å². The van der Waals surface area contributed by atoms with Crippen molar-refractivity contribution in [2.45, 2.75) is 10.6 Å². The molecule has 0 saturated heterocycles. The molecule has 2 rings (SSSR count). The number of carbonyl (C=O) groups is 1. The summed E-state index contributed by atoms with van der Waals surface area (Å²) in [5, 5.41) is 9.21. The number of nitrogen functional groups attached to an aromatic ring is 1. The van der Waals surface area contributed by atoms with Gasteiger partial charge in [-0.05, 0) is 35.9 Å². The normalized spacial score (nSPS) is 10.2. The molecule has 19 heavy (non-hydrogen) atoms. The number of aromatic hydroxyl groups is 1. The SMILES string of the molecule is NNC(=O)c1ccccc1CSc1ccc(O)cc1. The summed E-state index contributed by atoms with van der Waals surface area (Å²) in [6, 6.07) is 14.3. The molecule has 0 aromatic heterocycles. The zero-order chi connectivity index (χ0) is 13.7. The van der Waals surface area contributed by atoms with Crippen molar-refractivity contribution in [1.29, 1.82) is 0 Å². The first-order valence-electron chi connectivity index (χ1n) is 5.71. The third-order valence-electron chi connectivity index (χ3n) is 2.62. The molecule has 1 amide bonds. The number of phenols is 1. The standard InChI is InChI=1S/C14H14N2O2S/c15-16-14(18)13-4-2-1-3-10(13)9-19-12-7-5-11(17)6-8-12/h1-8,17H,9,15H2,(H,16,18). The number of hydrogen-bond acceptors (Lipinski definition) is 4. The molecule has 98 valence electrons. The Balaban J connectivity index is 2.11. The van der Waals surface area contributed by atoms with Crippen LogP contribution in [0.15, 0.2) is 53.4 Å². The highest BCUT2D eigenvalue weighted by atomic mass is 32.2. The fourth-order valence-corrected chi connectivity index (χ4v) is 2.55. The number of phenolic OH excluding ortho intramolecular Hbond substituents is 1. The quantitative estimate of drug-likeness (QED) is 0.346. The number of carbonyl (C=O) groups excluding carboxylic acids is 1. The van der Waals surface area contributed by atoms with Gasteiger partial charge in [0, 0.05) is 16.2 Å². The number of rotatable bonds is 4. The van der Waals surface area contributed by atoms with Crippen LogP contribution in [0.3, 0.4) is 0 Å². The van der Waals surface area contributed by atoms with Gasteiger partial charge in [-0.2, -0.15) is 0 Å². The molecule has 0 aliphatic carbocycles. The molecule has 4 N–H and O–H groups in total. The number of hydrazine groups is 1. The maximum atomic E-state index is 11.6. The Morgan fingerprint density at radius 2 is 1.84 bits per heavy atom. The molecule has 5 heteroatoms. The Kier molecular flexibility index (Phi) is 4.43. The van der Waals surface area contributed by atoms with E-state index in [1.807, 2.05) is 24.3 Å². The predicted octanol–water partition coefficient (Wildman–Crippen LogP) is 2.29. The van der Waals surface area contributed by atoms with Crippen molar-refractivity contribution in [3.05, 3.63) is 59.7 Å². The Hall–Kier alpha value is -1.98. The average molecular weight is 274 g/mol. The predicted molar refractivity (Wildman–Crippen MR) is 75.8 cm³/mol. The minimum absolute atomic E-state index is 0.243. The van der Waals surface area contributed by atoms with Crippen LogP contribution in [0.4, 0.5) is 0 Å². The van der Waals surface area contributed by atoms with Crippen LogP contribution in [0, 0.1) is 0 Å². The van der Waals surface area contributed by atoms with Gasteiger partial charge in [-0.1, -0.05) is 18.2 Å². The molecule has 0 radical (unpaired) electrons. The maximum Gasteiger partial charge on any atom is 0.265 e. The van der Waals surface area contributed by atoms with Crippen molar-refractivity contribution in [3.63, 3.8) is 0 Å². The fraction of sp³-hybridized carbons (Fsp3) is 0.0714. The zero-order valence-electron chi connectivity index (χ0n) is 10.2. The minimum atomic E-state index is -0.290. The first-order chi connectivity index (χ1) is 9.20. The molecular formula is C14H14N2O2S. The lowest BCUT2D eigenvalue weighted by molar-refractivity contribution is 0.0953. The van der Waals surface area contributed by atoms with Crippen molar-refractivity contribution in [2.75, 3.05) is 0 Å². The first kappa shape index (κ1) is 13.5. The average Bonchev–Trinajstić information content (AvgIpc) is 2.46. The zero-order valence-corrected chi connectivity index (χ0v) is 11.0. The third kappa shape index (κ3) is 3.49. The van der Waals surface area contributed by atoms with Gasteiger partial charge in [0.05, 0.1) is 0 Å². The summed E-state index contributed by atoms with van der Waals surface area (Å²) < 4.78 is 0. The number of thioether (sulfide) groups is 1. The molecule has 2 aromatic rings. The van der Waals surface area contributed by atoms with E-state index in [0.29, 0.717) is 11.3 Å². The summed E-state index contributed by atoms with van der Waals surface area (Å²) in [7, 11) is 0. The van der Waals surface area contributed by atoms with Crippen LogP contribution in [0.1, 0.15) is 15.9 Å². The van der Waals surface area contributed by atoms with E-state index in [9.17, 15) is 9.90 Å². The number of nitrogens with two attached hydrogens (primary N) is 1. The van der Waals surface area contributed by atoms with Gasteiger partial charge in [-0.25, -0.2) is 5.84 Å². The van der Waals surface area contributed by atoms with Gasteiger partial charge in [0.15, 0.2) is 0 Å². The van der Waals surface area contributed by atoms with E-state index < -0.39 is 0 Å². The molecule has 0 unspecified atom stereocenters. The molecule has 0 aliphatic heterocycles. The van der Waals surface area contributed by atoms with E-state index >= 15 is 0 Å². The van der Waals surface area contributed by atoms with E-state index in [-0.39, 0.29) is 11.7 Å². The van der Waals surface area contributed by atoms with Crippen LogP contribution in [0.5, 0.6) is 5.75 Å². The molecule has 0 saturated carbocycles. The van der Waals surface area contributed by atoms with Crippen molar-refractivity contribution >= 4 is 17.7 Å². The number of amides is 1. The van der Waals surface area contributed by atoms with Crippen LogP contribution in [0.25, 0.3) is 0 Å². The molecule has 0 aliphatic rings. The molecule has 0 atom stereocenters. The summed E-state index contributed by atoms with van der Waals surface area (Å²) in [5.74, 6) is 5.78. The second-order valence-electron chi connectivity index (χ2n) is 3.91. The summed E-state index contributed by atoms with van der Waals surface area (Å²) >= 11 is 1.59. The second kappa shape index (κ2) is 6.26. The fourth-order valence-electron chi connectivity index (χ4n) is 1.65. The number of benzene rings is 2. The van der Waals surface area contributed by atoms with Crippen LogP contribution in [0.2, 0.25) is 0 Å². The lowest BCUT2D eigenvalue weighted by atomic mass is 10.1. The van der Waals surface area contributed by atoms with E-state index in [0.717, 1.165) is 10.5 Å². The largest absolute Gasteiger partial charge is 0.508 e. The van der Waals surface area contributed by atoms with Gasteiger partial charge < -0.3 is 5.11 Å². The molecule has 0 fully saturated rings. The topological polar surface area (TPSA) is 75.3 Å².